The number of hydrogen-bond acceptors (Lipinski definition) is 3. The average molecular weight is 245 g/mol. The lowest BCUT2D eigenvalue weighted by Crippen LogP contribution is -2.44. The van der Waals surface area contributed by atoms with E-state index in [0.29, 0.717) is 26.2 Å². The molecule has 0 rings (SSSR count). The van der Waals surface area contributed by atoms with Crippen LogP contribution in [-0.2, 0) is 9.53 Å². The van der Waals surface area contributed by atoms with Gasteiger partial charge in [-0.2, -0.15) is 0 Å². The number of nitrogens with one attached hydrogen (secondary N) is 2. The van der Waals surface area contributed by atoms with Gasteiger partial charge in [0, 0.05) is 39.7 Å². The molecule has 0 aliphatic rings. The number of carbonyl (C=O) groups is 2. The van der Waals surface area contributed by atoms with E-state index in [1.807, 2.05) is 13.8 Å². The van der Waals surface area contributed by atoms with Crippen molar-refractivity contribution in [1.29, 1.82) is 0 Å². The van der Waals surface area contributed by atoms with Crippen molar-refractivity contribution in [2.24, 2.45) is 0 Å². The van der Waals surface area contributed by atoms with Gasteiger partial charge in [-0.3, -0.25) is 4.79 Å². The summed E-state index contributed by atoms with van der Waals surface area (Å²) >= 11 is 0. The molecule has 0 unspecified atom stereocenters. The number of methoxy groups -OCH3 is 1. The molecule has 100 valence electrons. The molecule has 0 radical (unpaired) electrons. The predicted molar refractivity (Wildman–Crippen MR) is 65.8 cm³/mol. The molecule has 6 nitrogen and oxygen atoms in total. The van der Waals surface area contributed by atoms with Crippen molar-refractivity contribution in [1.82, 2.24) is 15.5 Å². The summed E-state index contributed by atoms with van der Waals surface area (Å²) in [5.41, 5.74) is 0. The Morgan fingerprint density at radius 1 is 1.29 bits per heavy atom. The molecule has 2 N–H and O–H groups in total. The molecule has 0 saturated heterocycles. The highest BCUT2D eigenvalue weighted by Crippen LogP contribution is 1.88. The van der Waals surface area contributed by atoms with Crippen molar-refractivity contribution in [2.45, 2.75) is 26.8 Å². The third-order valence-electron chi connectivity index (χ3n) is 2.10. The van der Waals surface area contributed by atoms with Gasteiger partial charge >= 0.3 is 6.03 Å². The van der Waals surface area contributed by atoms with Crippen LogP contribution in [0.5, 0.6) is 0 Å². The van der Waals surface area contributed by atoms with Gasteiger partial charge in [-0.05, 0) is 13.8 Å². The molecular formula is C11H23N3O3. The minimum Gasteiger partial charge on any atom is -0.383 e. The Morgan fingerprint density at radius 2 is 1.94 bits per heavy atom. The number of urea groups is 1. The summed E-state index contributed by atoms with van der Waals surface area (Å²) in [6, 6.07) is -0.109. The standard InChI is InChI=1S/C11H23N3O3/c1-9(2)13-11(16)12-5-6-14(10(3)15)7-8-17-4/h9H,5-8H2,1-4H3,(H2,12,13,16). The Bertz CT molecular complexity index is 244. The first-order valence-corrected chi connectivity index (χ1v) is 5.76. The van der Waals surface area contributed by atoms with Crippen molar-refractivity contribution < 1.29 is 14.3 Å². The number of hydrogen-bond donors (Lipinski definition) is 2. The molecule has 0 saturated carbocycles. The van der Waals surface area contributed by atoms with Crippen molar-refractivity contribution >= 4 is 11.9 Å². The number of ether oxygens (including phenoxy) is 1. The highest BCUT2D eigenvalue weighted by atomic mass is 16.5. The van der Waals surface area contributed by atoms with Crippen molar-refractivity contribution in [3.63, 3.8) is 0 Å². The number of nitrogens with zero attached hydrogens (tertiary/aromatic N) is 1. The zero-order valence-electron chi connectivity index (χ0n) is 11.1. The van der Waals surface area contributed by atoms with Crippen molar-refractivity contribution in [2.75, 3.05) is 33.4 Å². The molecule has 0 aromatic heterocycles. The van der Waals surface area contributed by atoms with Crippen molar-refractivity contribution in [3.05, 3.63) is 0 Å². The normalized spacial score (nSPS) is 10.2. The van der Waals surface area contributed by atoms with Gasteiger partial charge in [-0.25, -0.2) is 4.79 Å². The quantitative estimate of drug-likeness (QED) is 0.672. The van der Waals surface area contributed by atoms with E-state index in [1.54, 1.807) is 12.0 Å². The van der Waals surface area contributed by atoms with E-state index in [9.17, 15) is 9.59 Å². The Labute approximate surface area is 103 Å². The van der Waals surface area contributed by atoms with Crippen LogP contribution in [0.25, 0.3) is 0 Å². The van der Waals surface area contributed by atoms with Crippen LogP contribution in [0.3, 0.4) is 0 Å². The monoisotopic (exact) mass is 245 g/mol. The Balaban J connectivity index is 3.81. The van der Waals surface area contributed by atoms with E-state index < -0.39 is 0 Å². The minimum absolute atomic E-state index is 0.0203. The van der Waals surface area contributed by atoms with Gasteiger partial charge in [0.15, 0.2) is 0 Å². The van der Waals surface area contributed by atoms with Crippen LogP contribution in [0.1, 0.15) is 20.8 Å². The zero-order valence-corrected chi connectivity index (χ0v) is 11.1. The lowest BCUT2D eigenvalue weighted by molar-refractivity contribution is -0.129. The summed E-state index contributed by atoms with van der Waals surface area (Å²) < 4.78 is 4.91. The molecule has 0 fully saturated rings. The maximum absolute atomic E-state index is 11.3. The maximum atomic E-state index is 11.3. The Kier molecular flexibility index (Phi) is 8.13. The molecule has 0 aromatic rings. The summed E-state index contributed by atoms with van der Waals surface area (Å²) in [5, 5.41) is 5.40. The van der Waals surface area contributed by atoms with Gasteiger partial charge in [-0.15, -0.1) is 0 Å². The fraction of sp³-hybridized carbons (Fsp3) is 0.818. The lowest BCUT2D eigenvalue weighted by atomic mass is 10.4. The van der Waals surface area contributed by atoms with Gasteiger partial charge in [0.2, 0.25) is 5.91 Å². The minimum atomic E-state index is -0.213. The molecule has 0 atom stereocenters. The maximum Gasteiger partial charge on any atom is 0.315 e. The summed E-state index contributed by atoms with van der Waals surface area (Å²) in [5.74, 6) is -0.0203. The highest BCUT2D eigenvalue weighted by molar-refractivity contribution is 5.75. The number of rotatable bonds is 7. The van der Waals surface area contributed by atoms with Crippen molar-refractivity contribution in [3.8, 4) is 0 Å². The van der Waals surface area contributed by atoms with Gasteiger partial charge in [0.05, 0.1) is 6.61 Å². The van der Waals surface area contributed by atoms with E-state index in [-0.39, 0.29) is 18.0 Å². The molecule has 0 spiro atoms. The Hall–Kier alpha value is -1.30. The second kappa shape index (κ2) is 8.81. The largest absolute Gasteiger partial charge is 0.383 e. The van der Waals surface area contributed by atoms with Crippen LogP contribution in [-0.4, -0.2) is 56.2 Å². The molecule has 0 aromatic carbocycles. The number of carbonyl (C=O) groups excluding carboxylic acids is 2. The van der Waals surface area contributed by atoms with E-state index in [0.717, 1.165) is 0 Å². The number of amides is 3. The zero-order chi connectivity index (χ0) is 13.3. The van der Waals surface area contributed by atoms with Crippen LogP contribution in [0.15, 0.2) is 0 Å². The molecule has 0 aliphatic carbocycles. The Morgan fingerprint density at radius 3 is 2.41 bits per heavy atom. The van der Waals surface area contributed by atoms with E-state index in [2.05, 4.69) is 10.6 Å². The molecule has 6 heteroatoms. The first-order valence-electron chi connectivity index (χ1n) is 5.76. The topological polar surface area (TPSA) is 70.7 Å². The smallest absolute Gasteiger partial charge is 0.315 e. The van der Waals surface area contributed by atoms with Gasteiger partial charge in [0.1, 0.15) is 0 Å². The van der Waals surface area contributed by atoms with Gasteiger partial charge < -0.3 is 20.3 Å². The SMILES string of the molecule is COCCN(CCNC(=O)NC(C)C)C(C)=O. The van der Waals surface area contributed by atoms with Crippen LogP contribution < -0.4 is 10.6 Å². The summed E-state index contributed by atoms with van der Waals surface area (Å²) in [6.45, 7) is 7.24. The molecule has 0 bridgehead atoms. The van der Waals surface area contributed by atoms with E-state index in [1.165, 1.54) is 6.92 Å². The molecule has 17 heavy (non-hydrogen) atoms. The average Bonchev–Trinajstić information content (AvgIpc) is 2.21. The molecular weight excluding hydrogens is 222 g/mol. The highest BCUT2D eigenvalue weighted by Gasteiger charge is 2.08. The van der Waals surface area contributed by atoms with E-state index >= 15 is 0 Å². The predicted octanol–water partition coefficient (Wildman–Crippen LogP) is 0.189. The third-order valence-corrected chi connectivity index (χ3v) is 2.10. The fourth-order valence-electron chi connectivity index (χ4n) is 1.25. The third kappa shape index (κ3) is 8.50. The molecule has 3 amide bonds. The fourth-order valence-corrected chi connectivity index (χ4v) is 1.25. The van der Waals surface area contributed by atoms with Gasteiger partial charge in [-0.1, -0.05) is 0 Å². The molecule has 0 heterocycles. The lowest BCUT2D eigenvalue weighted by Gasteiger charge is -2.21. The second-order valence-electron chi connectivity index (χ2n) is 4.05. The summed E-state index contributed by atoms with van der Waals surface area (Å²) in [6.07, 6.45) is 0. The van der Waals surface area contributed by atoms with E-state index in [4.69, 9.17) is 4.74 Å². The van der Waals surface area contributed by atoms with Gasteiger partial charge in [0.25, 0.3) is 0 Å². The van der Waals surface area contributed by atoms with Crippen LogP contribution in [0, 0.1) is 0 Å². The second-order valence-corrected chi connectivity index (χ2v) is 4.05. The first kappa shape index (κ1) is 15.7. The van der Waals surface area contributed by atoms with Crippen LogP contribution >= 0.6 is 0 Å². The van der Waals surface area contributed by atoms with Crippen LogP contribution in [0.4, 0.5) is 4.79 Å². The van der Waals surface area contributed by atoms with Crippen LogP contribution in [0.2, 0.25) is 0 Å². The summed E-state index contributed by atoms with van der Waals surface area (Å²) in [7, 11) is 1.59. The summed E-state index contributed by atoms with van der Waals surface area (Å²) in [4.78, 5) is 24.2. The molecule has 0 aliphatic heterocycles. The first-order chi connectivity index (χ1) is 7.97.